The van der Waals surface area contributed by atoms with E-state index in [1.54, 1.807) is 0 Å². The first-order valence-corrected chi connectivity index (χ1v) is 14.4. The van der Waals surface area contributed by atoms with Gasteiger partial charge in [0.05, 0.1) is 44.0 Å². The van der Waals surface area contributed by atoms with Crippen LogP contribution in [0.3, 0.4) is 0 Å². The third-order valence-electron chi connectivity index (χ3n) is 8.79. The molecule has 1 amide bonds. The molecule has 0 saturated carbocycles. The molecule has 10 nitrogen and oxygen atoms in total. The van der Waals surface area contributed by atoms with Gasteiger partial charge in [-0.25, -0.2) is 4.39 Å². The maximum atomic E-state index is 13.8. The normalized spacial score (nSPS) is 22.3. The molecule has 41 heavy (non-hydrogen) atoms. The van der Waals surface area contributed by atoms with E-state index in [0.29, 0.717) is 51.5 Å². The Balaban J connectivity index is 1.31. The van der Waals surface area contributed by atoms with Gasteiger partial charge < -0.3 is 29.1 Å². The number of piperazine rings is 1. The summed E-state index contributed by atoms with van der Waals surface area (Å²) in [4.78, 5) is 30.5. The van der Waals surface area contributed by atoms with Gasteiger partial charge >= 0.3 is 6.01 Å². The summed E-state index contributed by atoms with van der Waals surface area (Å²) in [6.45, 7) is 8.52. The van der Waals surface area contributed by atoms with Crippen LogP contribution < -0.4 is 14.5 Å². The Kier molecular flexibility index (Phi) is 7.77. The molecule has 6 rings (SSSR count). The van der Waals surface area contributed by atoms with Gasteiger partial charge in [-0.2, -0.15) is 15.2 Å². The van der Waals surface area contributed by atoms with Crippen LogP contribution in [-0.4, -0.2) is 84.1 Å². The van der Waals surface area contributed by atoms with E-state index in [1.807, 2.05) is 0 Å². The lowest BCUT2D eigenvalue weighted by Gasteiger charge is -2.42. The molecule has 0 N–H and O–H groups in total. The lowest BCUT2D eigenvalue weighted by atomic mass is 10.0. The summed E-state index contributed by atoms with van der Waals surface area (Å²) in [7, 11) is 2.11. The number of halogens is 1. The van der Waals surface area contributed by atoms with Crippen LogP contribution in [0.2, 0.25) is 0 Å². The van der Waals surface area contributed by atoms with Crippen LogP contribution in [0.4, 0.5) is 15.9 Å². The number of hydrogen-bond donors (Lipinski definition) is 0. The number of likely N-dealkylation sites (tertiary alicyclic amines) is 1. The predicted molar refractivity (Wildman–Crippen MR) is 151 cm³/mol. The van der Waals surface area contributed by atoms with Crippen molar-refractivity contribution in [3.8, 4) is 12.1 Å². The number of amides is 1. The number of benzene rings is 1. The van der Waals surface area contributed by atoms with Crippen LogP contribution in [0.15, 0.2) is 30.6 Å². The molecular weight excluding hydrogens is 525 g/mol. The number of carbonyl (C=O) groups is 1. The van der Waals surface area contributed by atoms with Crippen LogP contribution in [-0.2, 0) is 35.7 Å². The van der Waals surface area contributed by atoms with E-state index in [1.165, 1.54) is 21.7 Å². The Bertz CT molecular complexity index is 1380. The maximum Gasteiger partial charge on any atom is 0.318 e. The minimum atomic E-state index is -1.01. The number of fused-ring (bicyclic) bond motifs is 2. The smallest absolute Gasteiger partial charge is 0.318 e. The van der Waals surface area contributed by atoms with Crippen LogP contribution in [0.25, 0.3) is 0 Å². The van der Waals surface area contributed by atoms with Crippen molar-refractivity contribution < 1.29 is 18.7 Å². The molecule has 0 aliphatic carbocycles. The number of aromatic nitrogens is 2. The predicted octanol–water partition coefficient (Wildman–Crippen LogP) is 2.96. The molecule has 216 valence electrons. The van der Waals surface area contributed by atoms with E-state index in [9.17, 15) is 14.4 Å². The Morgan fingerprint density at radius 1 is 1.17 bits per heavy atom. The summed E-state index contributed by atoms with van der Waals surface area (Å²) in [6, 6.07) is 8.70. The summed E-state index contributed by atoms with van der Waals surface area (Å²) in [5.41, 5.74) is 5.61. The fourth-order valence-corrected chi connectivity index (χ4v) is 6.51. The molecule has 5 heterocycles. The molecular formula is C30H36FN7O3. The summed E-state index contributed by atoms with van der Waals surface area (Å²) in [6.07, 6.45) is 3.06. The fourth-order valence-electron chi connectivity index (χ4n) is 6.51. The molecule has 11 heteroatoms. The van der Waals surface area contributed by atoms with Crippen molar-refractivity contribution >= 4 is 17.4 Å². The van der Waals surface area contributed by atoms with Crippen molar-refractivity contribution in [1.82, 2.24) is 19.8 Å². The van der Waals surface area contributed by atoms with Crippen LogP contribution in [0.5, 0.6) is 6.01 Å². The zero-order valence-electron chi connectivity index (χ0n) is 23.5. The van der Waals surface area contributed by atoms with Gasteiger partial charge in [0.15, 0.2) is 5.83 Å². The first-order chi connectivity index (χ1) is 19.9. The van der Waals surface area contributed by atoms with Crippen molar-refractivity contribution in [2.45, 2.75) is 57.5 Å². The highest BCUT2D eigenvalue weighted by molar-refractivity contribution is 5.91. The average Bonchev–Trinajstić information content (AvgIpc) is 3.63. The van der Waals surface area contributed by atoms with Gasteiger partial charge in [0.2, 0.25) is 0 Å². The van der Waals surface area contributed by atoms with Crippen molar-refractivity contribution in [3.05, 3.63) is 53.0 Å². The molecule has 2 saturated heterocycles. The van der Waals surface area contributed by atoms with Gasteiger partial charge in [-0.1, -0.05) is 18.7 Å². The van der Waals surface area contributed by atoms with Gasteiger partial charge in [-0.15, -0.1) is 0 Å². The summed E-state index contributed by atoms with van der Waals surface area (Å²) in [5.74, 6) is -0.985. The molecule has 2 aromatic rings. The second-order valence-electron chi connectivity index (χ2n) is 11.3. The number of rotatable bonds is 7. The summed E-state index contributed by atoms with van der Waals surface area (Å²) >= 11 is 0. The quantitative estimate of drug-likeness (QED) is 0.473. The van der Waals surface area contributed by atoms with Crippen molar-refractivity contribution in [2.75, 3.05) is 56.2 Å². The van der Waals surface area contributed by atoms with Gasteiger partial charge in [-0.3, -0.25) is 4.79 Å². The number of hydrogen-bond acceptors (Lipinski definition) is 9. The van der Waals surface area contributed by atoms with E-state index in [2.05, 4.69) is 52.6 Å². The minimum Gasteiger partial charge on any atom is -0.462 e. The minimum absolute atomic E-state index is 0.0924. The number of anilines is 2. The monoisotopic (exact) mass is 561 g/mol. The number of ether oxygens (including phenoxy) is 2. The van der Waals surface area contributed by atoms with E-state index < -0.39 is 17.8 Å². The molecule has 0 spiro atoms. The molecule has 0 bridgehead atoms. The summed E-state index contributed by atoms with van der Waals surface area (Å²) < 4.78 is 25.7. The van der Waals surface area contributed by atoms with Gasteiger partial charge in [0.1, 0.15) is 12.4 Å². The Morgan fingerprint density at radius 2 is 2.05 bits per heavy atom. The SMILES string of the molecule is C=C(F)C(=O)N1CCN(c2nc(OC[C@@H]3CCCN3C)nc3c2CCN(c2cccc4c2COC4)C3)C[C@@H]1CC#N. The molecule has 2 atom stereocenters. The van der Waals surface area contributed by atoms with Gasteiger partial charge in [0.25, 0.3) is 5.91 Å². The topological polar surface area (TPSA) is 98.1 Å². The van der Waals surface area contributed by atoms with E-state index in [4.69, 9.17) is 19.4 Å². The standard InChI is InChI=1S/C30H36FN7O3/c1-20(31)29(39)38-14-13-37(15-22(38)8-10-32)28-24-9-12-36(27-7-3-5-21-17-40-19-25(21)27)16-26(24)33-30(34-28)41-18-23-6-4-11-35(23)2/h3,5,7,22-23H,1,4,6,8-9,11-19H2,2H3/t22-,23-/m0/s1. The van der Waals surface area contributed by atoms with E-state index in [0.717, 1.165) is 49.4 Å². The van der Waals surface area contributed by atoms with Crippen molar-refractivity contribution in [1.29, 1.82) is 5.26 Å². The molecule has 1 aromatic heterocycles. The fraction of sp³-hybridized carbons (Fsp3) is 0.533. The highest BCUT2D eigenvalue weighted by atomic mass is 19.1. The third-order valence-corrected chi connectivity index (χ3v) is 8.79. The van der Waals surface area contributed by atoms with Crippen molar-refractivity contribution in [3.63, 3.8) is 0 Å². The Hall–Kier alpha value is -3.75. The van der Waals surface area contributed by atoms with Crippen LogP contribution in [0.1, 0.15) is 41.6 Å². The number of nitriles is 1. The number of nitrogens with zero attached hydrogens (tertiary/aromatic N) is 7. The van der Waals surface area contributed by atoms with Gasteiger partial charge in [0, 0.05) is 49.0 Å². The first-order valence-electron chi connectivity index (χ1n) is 14.4. The highest BCUT2D eigenvalue weighted by Crippen LogP contribution is 2.36. The summed E-state index contributed by atoms with van der Waals surface area (Å²) in [5, 5.41) is 9.46. The lowest BCUT2D eigenvalue weighted by Crippen LogP contribution is -2.55. The first kappa shape index (κ1) is 27.4. The lowest BCUT2D eigenvalue weighted by molar-refractivity contribution is -0.131. The van der Waals surface area contributed by atoms with E-state index >= 15 is 0 Å². The van der Waals surface area contributed by atoms with E-state index in [-0.39, 0.29) is 13.0 Å². The second kappa shape index (κ2) is 11.6. The number of carbonyl (C=O) groups excluding carboxylic acids is 1. The molecule has 0 radical (unpaired) electrons. The van der Waals surface area contributed by atoms with Crippen LogP contribution >= 0.6 is 0 Å². The molecule has 0 unspecified atom stereocenters. The second-order valence-corrected chi connectivity index (χ2v) is 11.3. The van der Waals surface area contributed by atoms with Crippen molar-refractivity contribution in [2.24, 2.45) is 0 Å². The maximum absolute atomic E-state index is 13.8. The van der Waals surface area contributed by atoms with Gasteiger partial charge in [-0.05, 0) is 44.5 Å². The number of likely N-dealkylation sites (N-methyl/N-ethyl adjacent to an activating group) is 1. The highest BCUT2D eigenvalue weighted by Gasteiger charge is 2.35. The molecule has 1 aromatic carbocycles. The largest absolute Gasteiger partial charge is 0.462 e. The Labute approximate surface area is 239 Å². The average molecular weight is 562 g/mol. The molecule has 4 aliphatic heterocycles. The van der Waals surface area contributed by atoms with Crippen LogP contribution in [0, 0.1) is 11.3 Å². The zero-order chi connectivity index (χ0) is 28.5. The third kappa shape index (κ3) is 5.46. The molecule has 4 aliphatic rings. The Morgan fingerprint density at radius 3 is 2.83 bits per heavy atom. The zero-order valence-corrected chi connectivity index (χ0v) is 23.5. The molecule has 2 fully saturated rings.